The van der Waals surface area contributed by atoms with Gasteiger partial charge in [0, 0.05) is 17.5 Å². The normalized spacial score (nSPS) is 9.68. The zero-order valence-corrected chi connectivity index (χ0v) is 10.4. The van der Waals surface area contributed by atoms with Crippen LogP contribution in [0.25, 0.3) is 6.08 Å². The first-order valence-electron chi connectivity index (χ1n) is 5.65. The maximum atomic E-state index is 10.1. The van der Waals surface area contributed by atoms with E-state index in [0.29, 0.717) is 5.69 Å². The summed E-state index contributed by atoms with van der Waals surface area (Å²) in [6.45, 7) is 0. The molecule has 0 aliphatic carbocycles. The van der Waals surface area contributed by atoms with E-state index in [4.69, 9.17) is 16.6 Å². The summed E-state index contributed by atoms with van der Waals surface area (Å²) in [6.07, 6.45) is 2.60. The molecule has 0 fully saturated rings. The van der Waals surface area contributed by atoms with E-state index in [9.17, 15) is 4.79 Å². The van der Waals surface area contributed by atoms with E-state index in [1.807, 2.05) is 30.3 Å². The molecule has 19 heavy (non-hydrogen) atoms. The Morgan fingerprint density at radius 3 is 1.84 bits per heavy atom. The third kappa shape index (κ3) is 6.53. The van der Waals surface area contributed by atoms with Crippen molar-refractivity contribution in [2.45, 2.75) is 0 Å². The summed E-state index contributed by atoms with van der Waals surface area (Å²) in [4.78, 5) is 10.1. The molecule has 4 heteroatoms. The number of carboxylic acids is 1. The molecule has 0 bridgehead atoms. The van der Waals surface area contributed by atoms with Crippen LogP contribution in [0.3, 0.4) is 0 Å². The van der Waals surface area contributed by atoms with Gasteiger partial charge in [-0.2, -0.15) is 0 Å². The summed E-state index contributed by atoms with van der Waals surface area (Å²) < 4.78 is 0. The SMILES string of the molecule is Nc1ccc(C=CC(=O)O)cc1.Nc1ccccc1. The van der Waals surface area contributed by atoms with E-state index >= 15 is 0 Å². The molecule has 4 nitrogen and oxygen atoms in total. The number of para-hydroxylation sites is 1. The van der Waals surface area contributed by atoms with Crippen LogP contribution in [0.1, 0.15) is 5.56 Å². The van der Waals surface area contributed by atoms with Gasteiger partial charge in [0.15, 0.2) is 0 Å². The molecule has 2 aromatic carbocycles. The molecule has 0 aliphatic rings. The first kappa shape index (κ1) is 14.3. The van der Waals surface area contributed by atoms with E-state index in [-0.39, 0.29) is 0 Å². The molecule has 0 spiro atoms. The molecule has 0 heterocycles. The maximum Gasteiger partial charge on any atom is 0.328 e. The molecule has 5 N–H and O–H groups in total. The van der Waals surface area contributed by atoms with E-state index in [1.165, 1.54) is 6.08 Å². The van der Waals surface area contributed by atoms with Crippen LogP contribution in [0, 0.1) is 0 Å². The van der Waals surface area contributed by atoms with Gasteiger partial charge < -0.3 is 16.6 Å². The highest BCUT2D eigenvalue weighted by molar-refractivity contribution is 5.85. The molecule has 0 aliphatic heterocycles. The Balaban J connectivity index is 0.000000218. The van der Waals surface area contributed by atoms with Crippen LogP contribution < -0.4 is 11.5 Å². The lowest BCUT2D eigenvalue weighted by Gasteiger charge is -1.92. The van der Waals surface area contributed by atoms with Gasteiger partial charge in [0.1, 0.15) is 0 Å². The number of nitrogens with two attached hydrogens (primary N) is 2. The molecule has 0 saturated heterocycles. The molecular weight excluding hydrogens is 240 g/mol. The molecule has 2 aromatic rings. The summed E-state index contributed by atoms with van der Waals surface area (Å²) in [5.41, 5.74) is 13.1. The van der Waals surface area contributed by atoms with E-state index < -0.39 is 5.97 Å². The highest BCUT2D eigenvalue weighted by Crippen LogP contribution is 2.06. The molecule has 98 valence electrons. The topological polar surface area (TPSA) is 89.3 Å². The van der Waals surface area contributed by atoms with Crippen LogP contribution >= 0.6 is 0 Å². The molecule has 0 saturated carbocycles. The van der Waals surface area contributed by atoms with Crippen LogP contribution in [-0.4, -0.2) is 11.1 Å². The monoisotopic (exact) mass is 256 g/mol. The van der Waals surface area contributed by atoms with Crippen LogP contribution in [0.15, 0.2) is 60.7 Å². The molecule has 0 radical (unpaired) electrons. The van der Waals surface area contributed by atoms with Crippen molar-refractivity contribution >= 4 is 23.4 Å². The lowest BCUT2D eigenvalue weighted by molar-refractivity contribution is -0.131. The fraction of sp³-hybridized carbons (Fsp3) is 0. The molecular formula is C15H16N2O2. The first-order chi connectivity index (χ1) is 9.08. The zero-order valence-electron chi connectivity index (χ0n) is 10.4. The lowest BCUT2D eigenvalue weighted by Crippen LogP contribution is -1.86. The maximum absolute atomic E-state index is 10.1. The highest BCUT2D eigenvalue weighted by Gasteiger charge is 1.88. The first-order valence-corrected chi connectivity index (χ1v) is 5.65. The Bertz CT molecular complexity index is 534. The van der Waals surface area contributed by atoms with Gasteiger partial charge in [0.25, 0.3) is 0 Å². The van der Waals surface area contributed by atoms with Crippen molar-refractivity contribution < 1.29 is 9.90 Å². The molecule has 0 aromatic heterocycles. The second-order valence-electron chi connectivity index (χ2n) is 3.75. The fourth-order valence-electron chi connectivity index (χ4n) is 1.23. The van der Waals surface area contributed by atoms with Crippen LogP contribution in [0.4, 0.5) is 11.4 Å². The summed E-state index contributed by atoms with van der Waals surface area (Å²) in [7, 11) is 0. The predicted octanol–water partition coefficient (Wildman–Crippen LogP) is 2.64. The van der Waals surface area contributed by atoms with Gasteiger partial charge in [0.2, 0.25) is 0 Å². The zero-order chi connectivity index (χ0) is 14.1. The number of hydrogen-bond donors (Lipinski definition) is 3. The van der Waals surface area contributed by atoms with Gasteiger partial charge in [-0.3, -0.25) is 0 Å². The summed E-state index contributed by atoms with van der Waals surface area (Å²) in [5, 5.41) is 8.32. The number of carboxylic acid groups (broad SMARTS) is 1. The number of carbonyl (C=O) groups is 1. The average Bonchev–Trinajstić information content (AvgIpc) is 2.40. The number of anilines is 2. The van der Waals surface area contributed by atoms with Crippen molar-refractivity contribution in [3.05, 3.63) is 66.2 Å². The summed E-state index contributed by atoms with van der Waals surface area (Å²) >= 11 is 0. The van der Waals surface area contributed by atoms with E-state index in [0.717, 1.165) is 17.3 Å². The average molecular weight is 256 g/mol. The quantitative estimate of drug-likeness (QED) is 0.569. The molecule has 2 rings (SSSR count). The van der Waals surface area contributed by atoms with Crippen molar-refractivity contribution in [3.63, 3.8) is 0 Å². The Labute approximate surface area is 112 Å². The summed E-state index contributed by atoms with van der Waals surface area (Å²) in [6, 6.07) is 16.5. The third-order valence-electron chi connectivity index (χ3n) is 2.15. The van der Waals surface area contributed by atoms with Crippen LogP contribution in [0.5, 0.6) is 0 Å². The van der Waals surface area contributed by atoms with Crippen molar-refractivity contribution in [2.75, 3.05) is 11.5 Å². The standard InChI is InChI=1S/C9H9NO2.C6H7N/c10-8-4-1-7(2-5-8)3-6-9(11)12;7-6-4-2-1-3-5-6/h1-6H,10H2,(H,11,12);1-5H,7H2. The van der Waals surface area contributed by atoms with E-state index in [2.05, 4.69) is 0 Å². The van der Waals surface area contributed by atoms with Crippen molar-refractivity contribution in [3.8, 4) is 0 Å². The van der Waals surface area contributed by atoms with Gasteiger partial charge in [-0.1, -0.05) is 30.3 Å². The minimum absolute atomic E-state index is 0.669. The van der Waals surface area contributed by atoms with Crippen LogP contribution in [-0.2, 0) is 4.79 Å². The minimum Gasteiger partial charge on any atom is -0.478 e. The number of aliphatic carboxylic acids is 1. The third-order valence-corrected chi connectivity index (χ3v) is 2.15. The fourth-order valence-corrected chi connectivity index (χ4v) is 1.23. The van der Waals surface area contributed by atoms with Gasteiger partial charge in [-0.25, -0.2) is 4.79 Å². The Morgan fingerprint density at radius 1 is 0.895 bits per heavy atom. The number of hydrogen-bond acceptors (Lipinski definition) is 3. The molecule has 0 unspecified atom stereocenters. The second kappa shape index (κ2) is 7.55. The molecule has 0 amide bonds. The predicted molar refractivity (Wildman–Crippen MR) is 78.4 cm³/mol. The number of rotatable bonds is 2. The van der Waals surface area contributed by atoms with Crippen LogP contribution in [0.2, 0.25) is 0 Å². The van der Waals surface area contributed by atoms with Gasteiger partial charge in [-0.05, 0) is 35.9 Å². The Hall–Kier alpha value is -2.75. The Morgan fingerprint density at radius 2 is 1.42 bits per heavy atom. The van der Waals surface area contributed by atoms with Gasteiger partial charge >= 0.3 is 5.97 Å². The smallest absolute Gasteiger partial charge is 0.328 e. The summed E-state index contributed by atoms with van der Waals surface area (Å²) in [5.74, 6) is -0.952. The molecule has 0 atom stereocenters. The number of nitrogen functional groups attached to an aromatic ring is 2. The largest absolute Gasteiger partial charge is 0.478 e. The lowest BCUT2D eigenvalue weighted by atomic mass is 10.2. The minimum atomic E-state index is -0.952. The second-order valence-corrected chi connectivity index (χ2v) is 3.75. The van der Waals surface area contributed by atoms with Crippen molar-refractivity contribution in [1.29, 1.82) is 0 Å². The number of benzene rings is 2. The van der Waals surface area contributed by atoms with E-state index in [1.54, 1.807) is 24.3 Å². The van der Waals surface area contributed by atoms with Crippen molar-refractivity contribution in [2.24, 2.45) is 0 Å². The Kier molecular flexibility index (Phi) is 5.69. The van der Waals surface area contributed by atoms with Gasteiger partial charge in [-0.15, -0.1) is 0 Å². The van der Waals surface area contributed by atoms with Gasteiger partial charge in [0.05, 0.1) is 0 Å². The van der Waals surface area contributed by atoms with Crippen molar-refractivity contribution in [1.82, 2.24) is 0 Å². The highest BCUT2D eigenvalue weighted by atomic mass is 16.4.